The van der Waals surface area contributed by atoms with Gasteiger partial charge in [0.25, 0.3) is 0 Å². The number of nitrogens with one attached hydrogen (secondary N) is 2. The van der Waals surface area contributed by atoms with E-state index in [4.69, 9.17) is 10.2 Å². The molecular formula is C12H18N2O4S. The largest absolute Gasteiger partial charge is 0.479 e. The van der Waals surface area contributed by atoms with Gasteiger partial charge in [0.15, 0.2) is 6.10 Å². The maximum atomic E-state index is 11.5. The molecule has 0 fully saturated rings. The molecule has 0 aliphatic carbocycles. The van der Waals surface area contributed by atoms with E-state index in [2.05, 4.69) is 10.6 Å². The van der Waals surface area contributed by atoms with Gasteiger partial charge in [-0.05, 0) is 32.4 Å². The second-order valence-electron chi connectivity index (χ2n) is 4.30. The van der Waals surface area contributed by atoms with E-state index in [0.29, 0.717) is 0 Å². The Morgan fingerprint density at radius 1 is 1.42 bits per heavy atom. The highest BCUT2D eigenvalue weighted by Gasteiger charge is 2.16. The van der Waals surface area contributed by atoms with Crippen LogP contribution in [0.1, 0.15) is 28.3 Å². The zero-order chi connectivity index (χ0) is 14.6. The average Bonchev–Trinajstić information content (AvgIpc) is 2.65. The summed E-state index contributed by atoms with van der Waals surface area (Å²) in [4.78, 5) is 24.2. The smallest absolute Gasteiger partial charge is 0.334 e. The second-order valence-corrected chi connectivity index (χ2v) is 5.76. The van der Waals surface area contributed by atoms with Crippen LogP contribution in [-0.2, 0) is 4.79 Å². The van der Waals surface area contributed by atoms with Gasteiger partial charge in [0, 0.05) is 9.75 Å². The van der Waals surface area contributed by atoms with E-state index >= 15 is 0 Å². The molecule has 0 saturated carbocycles. The lowest BCUT2D eigenvalue weighted by Gasteiger charge is -2.15. The number of carbonyl (C=O) groups excluding carboxylic acids is 1. The molecule has 1 aromatic heterocycles. The van der Waals surface area contributed by atoms with E-state index in [1.54, 1.807) is 11.3 Å². The van der Waals surface area contributed by atoms with Crippen molar-refractivity contribution in [3.63, 3.8) is 0 Å². The predicted molar refractivity (Wildman–Crippen MR) is 72.4 cm³/mol. The van der Waals surface area contributed by atoms with Crippen molar-refractivity contribution < 1.29 is 19.8 Å². The van der Waals surface area contributed by atoms with E-state index in [-0.39, 0.29) is 12.6 Å². The Balaban J connectivity index is 2.48. The number of aryl methyl sites for hydroxylation is 2. The van der Waals surface area contributed by atoms with Gasteiger partial charge in [-0.3, -0.25) is 0 Å². The third kappa shape index (κ3) is 4.53. The monoisotopic (exact) mass is 286 g/mol. The van der Waals surface area contributed by atoms with E-state index in [9.17, 15) is 9.59 Å². The molecule has 6 nitrogen and oxygen atoms in total. The first-order valence-electron chi connectivity index (χ1n) is 5.83. The summed E-state index contributed by atoms with van der Waals surface area (Å²) in [6.07, 6.45) is -1.59. The number of aliphatic hydroxyl groups excluding tert-OH is 1. The number of carbonyl (C=O) groups is 2. The molecule has 0 bridgehead atoms. The molecule has 0 aromatic carbocycles. The van der Waals surface area contributed by atoms with Gasteiger partial charge in [0.2, 0.25) is 0 Å². The molecule has 1 rings (SSSR count). The van der Waals surface area contributed by atoms with Crippen LogP contribution in [0.5, 0.6) is 0 Å². The molecule has 0 aliphatic heterocycles. The van der Waals surface area contributed by atoms with Crippen molar-refractivity contribution in [1.29, 1.82) is 0 Å². The minimum Gasteiger partial charge on any atom is -0.479 e. The number of carboxylic acid groups (broad SMARTS) is 1. The van der Waals surface area contributed by atoms with Crippen LogP contribution >= 0.6 is 11.3 Å². The SMILES string of the molecule is Cc1cc(C(C)NC(=O)NCC(O)C(=O)O)c(C)s1. The van der Waals surface area contributed by atoms with Gasteiger partial charge in [0.1, 0.15) is 0 Å². The predicted octanol–water partition coefficient (Wildman–Crippen LogP) is 1.17. The molecule has 0 radical (unpaired) electrons. The van der Waals surface area contributed by atoms with Crippen LogP contribution in [0.4, 0.5) is 4.79 Å². The van der Waals surface area contributed by atoms with Gasteiger partial charge in [0.05, 0.1) is 12.6 Å². The zero-order valence-electron chi connectivity index (χ0n) is 11.1. The number of carboxylic acids is 1. The lowest BCUT2D eigenvalue weighted by molar-refractivity contribution is -0.146. The fraction of sp³-hybridized carbons (Fsp3) is 0.500. The van der Waals surface area contributed by atoms with Crippen LogP contribution in [0.15, 0.2) is 6.07 Å². The van der Waals surface area contributed by atoms with Crippen molar-refractivity contribution in [2.75, 3.05) is 6.54 Å². The number of rotatable bonds is 5. The van der Waals surface area contributed by atoms with E-state index in [1.165, 1.54) is 4.88 Å². The number of urea groups is 1. The van der Waals surface area contributed by atoms with Crippen LogP contribution < -0.4 is 10.6 Å². The number of thiophene rings is 1. The fourth-order valence-electron chi connectivity index (χ4n) is 1.68. The number of amides is 2. The molecule has 1 heterocycles. The van der Waals surface area contributed by atoms with Gasteiger partial charge in [-0.1, -0.05) is 0 Å². The highest BCUT2D eigenvalue weighted by Crippen LogP contribution is 2.25. The molecule has 19 heavy (non-hydrogen) atoms. The molecule has 2 amide bonds. The second kappa shape index (κ2) is 6.53. The first kappa shape index (κ1) is 15.5. The topological polar surface area (TPSA) is 98.7 Å². The van der Waals surface area contributed by atoms with Crippen LogP contribution in [0.2, 0.25) is 0 Å². The maximum Gasteiger partial charge on any atom is 0.334 e. The fourth-order valence-corrected chi connectivity index (χ4v) is 2.70. The summed E-state index contributed by atoms with van der Waals surface area (Å²) in [6, 6.07) is 1.33. The van der Waals surface area contributed by atoms with Gasteiger partial charge in [-0.25, -0.2) is 9.59 Å². The van der Waals surface area contributed by atoms with E-state index in [1.807, 2.05) is 26.8 Å². The van der Waals surface area contributed by atoms with Gasteiger partial charge in [-0.15, -0.1) is 11.3 Å². The van der Waals surface area contributed by atoms with Gasteiger partial charge >= 0.3 is 12.0 Å². The van der Waals surface area contributed by atoms with Crippen molar-refractivity contribution in [2.45, 2.75) is 32.9 Å². The Labute approximate surface area is 115 Å². The molecule has 106 valence electrons. The molecule has 1 aromatic rings. The lowest BCUT2D eigenvalue weighted by atomic mass is 10.1. The molecule has 4 N–H and O–H groups in total. The van der Waals surface area contributed by atoms with Crippen molar-refractivity contribution in [2.24, 2.45) is 0 Å². The summed E-state index contributed by atoms with van der Waals surface area (Å²) in [5.41, 5.74) is 1.04. The summed E-state index contributed by atoms with van der Waals surface area (Å²) < 4.78 is 0. The van der Waals surface area contributed by atoms with Crippen molar-refractivity contribution >= 4 is 23.3 Å². The van der Waals surface area contributed by atoms with Crippen molar-refractivity contribution in [1.82, 2.24) is 10.6 Å². The summed E-state index contributed by atoms with van der Waals surface area (Å²) in [5.74, 6) is -1.36. The third-order valence-electron chi connectivity index (χ3n) is 2.63. The maximum absolute atomic E-state index is 11.5. The number of hydrogen-bond donors (Lipinski definition) is 4. The van der Waals surface area contributed by atoms with Crippen LogP contribution in [0, 0.1) is 13.8 Å². The van der Waals surface area contributed by atoms with Crippen LogP contribution in [0.3, 0.4) is 0 Å². The van der Waals surface area contributed by atoms with E-state index in [0.717, 1.165) is 10.4 Å². The Hall–Kier alpha value is -1.60. The average molecular weight is 286 g/mol. The molecule has 0 aliphatic rings. The first-order chi connectivity index (χ1) is 8.81. The number of aliphatic carboxylic acids is 1. The number of aliphatic hydroxyl groups is 1. The zero-order valence-corrected chi connectivity index (χ0v) is 11.9. The van der Waals surface area contributed by atoms with Gasteiger partial charge < -0.3 is 20.8 Å². The molecule has 0 spiro atoms. The van der Waals surface area contributed by atoms with Gasteiger partial charge in [-0.2, -0.15) is 0 Å². The molecule has 2 atom stereocenters. The highest BCUT2D eigenvalue weighted by molar-refractivity contribution is 7.12. The quantitative estimate of drug-likeness (QED) is 0.653. The summed E-state index contributed by atoms with van der Waals surface area (Å²) in [6.45, 7) is 5.51. The summed E-state index contributed by atoms with van der Waals surface area (Å²) in [7, 11) is 0. The standard InChI is InChI=1S/C12H18N2O4S/c1-6-4-9(8(3)19-6)7(2)14-12(18)13-5-10(15)11(16)17/h4,7,10,15H,5H2,1-3H3,(H,16,17)(H2,13,14,18). The number of hydrogen-bond acceptors (Lipinski definition) is 4. The van der Waals surface area contributed by atoms with Crippen molar-refractivity contribution in [3.05, 3.63) is 21.4 Å². The van der Waals surface area contributed by atoms with Crippen molar-refractivity contribution in [3.8, 4) is 0 Å². The minimum atomic E-state index is -1.59. The lowest BCUT2D eigenvalue weighted by Crippen LogP contribution is -2.42. The normalized spacial score (nSPS) is 13.7. The highest BCUT2D eigenvalue weighted by atomic mass is 32.1. The molecule has 0 saturated heterocycles. The Bertz CT molecular complexity index is 472. The van der Waals surface area contributed by atoms with Crippen LogP contribution in [0.25, 0.3) is 0 Å². The first-order valence-corrected chi connectivity index (χ1v) is 6.65. The van der Waals surface area contributed by atoms with Crippen LogP contribution in [-0.4, -0.2) is 34.9 Å². The Kier molecular flexibility index (Phi) is 5.31. The van der Waals surface area contributed by atoms with E-state index < -0.39 is 18.1 Å². The molecular weight excluding hydrogens is 268 g/mol. The third-order valence-corrected chi connectivity index (χ3v) is 3.62. The minimum absolute atomic E-state index is 0.174. The Morgan fingerprint density at radius 3 is 2.53 bits per heavy atom. The molecule has 2 unspecified atom stereocenters. The molecule has 7 heteroatoms. The summed E-state index contributed by atoms with van der Waals surface area (Å²) >= 11 is 1.66. The summed E-state index contributed by atoms with van der Waals surface area (Å²) in [5, 5.41) is 22.5. The Morgan fingerprint density at radius 2 is 2.05 bits per heavy atom.